The van der Waals surface area contributed by atoms with Gasteiger partial charge in [-0.15, -0.1) is 0 Å². The molecule has 0 radical (unpaired) electrons. The third kappa shape index (κ3) is 8.25. The van der Waals surface area contributed by atoms with Crippen molar-refractivity contribution >= 4 is 10.1 Å². The largest absolute Gasteiger partial charge is 0.294 e. The van der Waals surface area contributed by atoms with E-state index in [-0.39, 0.29) is 4.90 Å². The third-order valence-electron chi connectivity index (χ3n) is 2.53. The highest BCUT2D eigenvalue weighted by atomic mass is 32.2. The Morgan fingerprint density at radius 1 is 0.944 bits per heavy atom. The molecule has 0 unspecified atom stereocenters. The lowest BCUT2D eigenvalue weighted by Crippen LogP contribution is -1.96. The zero-order chi connectivity index (χ0) is 14.0. The van der Waals surface area contributed by atoms with E-state index in [0.717, 1.165) is 5.56 Å². The van der Waals surface area contributed by atoms with Crippen molar-refractivity contribution in [2.75, 3.05) is 0 Å². The van der Waals surface area contributed by atoms with E-state index < -0.39 is 10.1 Å². The van der Waals surface area contributed by atoms with Crippen LogP contribution < -0.4 is 0 Å². The van der Waals surface area contributed by atoms with Gasteiger partial charge in [0.15, 0.2) is 0 Å². The van der Waals surface area contributed by atoms with Crippen LogP contribution in [0.4, 0.5) is 0 Å². The fourth-order valence-electron chi connectivity index (χ4n) is 1.39. The number of aryl methyl sites for hydroxylation is 1. The Hall–Kier alpha value is -0.870. The van der Waals surface area contributed by atoms with Gasteiger partial charge in [0.2, 0.25) is 0 Å². The molecule has 0 atom stereocenters. The summed E-state index contributed by atoms with van der Waals surface area (Å²) in [5.41, 5.74) is 0.956. The third-order valence-corrected chi connectivity index (χ3v) is 3.39. The Labute approximate surface area is 111 Å². The highest BCUT2D eigenvalue weighted by molar-refractivity contribution is 7.85. The van der Waals surface area contributed by atoms with Gasteiger partial charge in [0.05, 0.1) is 4.90 Å². The fourth-order valence-corrected chi connectivity index (χ4v) is 1.87. The van der Waals surface area contributed by atoms with Crippen molar-refractivity contribution in [3.05, 3.63) is 29.8 Å². The van der Waals surface area contributed by atoms with Crippen molar-refractivity contribution in [3.8, 4) is 0 Å². The zero-order valence-corrected chi connectivity index (χ0v) is 12.3. The van der Waals surface area contributed by atoms with E-state index in [4.69, 9.17) is 4.55 Å². The number of hydrogen-bond acceptors (Lipinski definition) is 2. The molecule has 0 saturated carbocycles. The fraction of sp³-hybridized carbons (Fsp3) is 0.571. The van der Waals surface area contributed by atoms with E-state index in [1.54, 1.807) is 12.1 Å². The van der Waals surface area contributed by atoms with Gasteiger partial charge in [-0.05, 0) is 19.1 Å². The van der Waals surface area contributed by atoms with Crippen LogP contribution in [0.25, 0.3) is 0 Å². The van der Waals surface area contributed by atoms with Crippen LogP contribution in [0, 0.1) is 6.92 Å². The minimum absolute atomic E-state index is 0.0666. The summed E-state index contributed by atoms with van der Waals surface area (Å²) in [4.78, 5) is -0.0666. The van der Waals surface area contributed by atoms with Crippen molar-refractivity contribution < 1.29 is 13.0 Å². The summed E-state index contributed by atoms with van der Waals surface area (Å²) < 4.78 is 29.6. The Bertz CT molecular complexity index is 403. The van der Waals surface area contributed by atoms with Gasteiger partial charge in [0, 0.05) is 0 Å². The van der Waals surface area contributed by atoms with Crippen molar-refractivity contribution in [1.82, 2.24) is 0 Å². The Morgan fingerprint density at radius 3 is 1.72 bits per heavy atom. The second-order valence-corrected chi connectivity index (χ2v) is 5.77. The first-order valence-corrected chi connectivity index (χ1v) is 7.90. The molecule has 0 saturated heterocycles. The second-order valence-electron chi connectivity index (χ2n) is 4.35. The van der Waals surface area contributed by atoms with Gasteiger partial charge in [-0.1, -0.05) is 63.6 Å². The van der Waals surface area contributed by atoms with Crippen molar-refractivity contribution in [2.45, 2.75) is 57.8 Å². The molecule has 3 nitrogen and oxygen atoms in total. The van der Waals surface area contributed by atoms with Crippen LogP contribution in [0.15, 0.2) is 29.2 Å². The first-order chi connectivity index (χ1) is 8.41. The molecule has 1 rings (SSSR count). The van der Waals surface area contributed by atoms with E-state index in [9.17, 15) is 8.42 Å². The number of rotatable bonds is 5. The molecule has 0 bridgehead atoms. The maximum Gasteiger partial charge on any atom is 0.294 e. The zero-order valence-electron chi connectivity index (χ0n) is 11.5. The molecule has 0 fully saturated rings. The van der Waals surface area contributed by atoms with Gasteiger partial charge in [0.25, 0.3) is 10.1 Å². The SMILES string of the molecule is CCCCCCC.Cc1ccc(S(=O)(=O)O)cc1. The summed E-state index contributed by atoms with van der Waals surface area (Å²) in [7, 11) is -4.02. The topological polar surface area (TPSA) is 54.4 Å². The average molecular weight is 272 g/mol. The number of unbranched alkanes of at least 4 members (excludes halogenated alkanes) is 4. The summed E-state index contributed by atoms with van der Waals surface area (Å²) in [6, 6.07) is 5.99. The predicted octanol–water partition coefficient (Wildman–Crippen LogP) is 4.22. The van der Waals surface area contributed by atoms with Crippen molar-refractivity contribution in [3.63, 3.8) is 0 Å². The Morgan fingerprint density at radius 2 is 1.39 bits per heavy atom. The van der Waals surface area contributed by atoms with Crippen molar-refractivity contribution in [1.29, 1.82) is 0 Å². The molecule has 4 heteroatoms. The van der Waals surface area contributed by atoms with E-state index in [1.807, 2.05) is 6.92 Å². The van der Waals surface area contributed by atoms with Crippen LogP contribution >= 0.6 is 0 Å². The molecule has 1 N–H and O–H groups in total. The Balaban J connectivity index is 0.000000360. The van der Waals surface area contributed by atoms with Crippen LogP contribution in [0.5, 0.6) is 0 Å². The molecule has 18 heavy (non-hydrogen) atoms. The molecule has 0 amide bonds. The van der Waals surface area contributed by atoms with E-state index in [0.29, 0.717) is 0 Å². The Kier molecular flexibility index (Phi) is 8.67. The highest BCUT2D eigenvalue weighted by Crippen LogP contribution is 2.08. The van der Waals surface area contributed by atoms with Gasteiger partial charge in [0.1, 0.15) is 0 Å². The molecule has 1 aromatic carbocycles. The van der Waals surface area contributed by atoms with Crippen LogP contribution in [0.1, 0.15) is 51.5 Å². The smallest absolute Gasteiger partial charge is 0.282 e. The minimum atomic E-state index is -4.02. The van der Waals surface area contributed by atoms with Crippen LogP contribution in [0.3, 0.4) is 0 Å². The second kappa shape index (κ2) is 9.11. The molecule has 0 aromatic heterocycles. The summed E-state index contributed by atoms with van der Waals surface area (Å²) in [6.45, 7) is 6.33. The maximum absolute atomic E-state index is 10.5. The first kappa shape index (κ1) is 17.1. The predicted molar refractivity (Wildman–Crippen MR) is 75.4 cm³/mol. The van der Waals surface area contributed by atoms with Crippen molar-refractivity contribution in [2.24, 2.45) is 0 Å². The standard InChI is InChI=1S/C7H8O3S.C7H16/c1-6-2-4-7(5-3-6)11(8,9)10;1-3-5-7-6-4-2/h2-5H,1H3,(H,8,9,10);3-7H2,1-2H3. The number of benzene rings is 1. The first-order valence-electron chi connectivity index (χ1n) is 6.46. The summed E-state index contributed by atoms with van der Waals surface area (Å²) in [5.74, 6) is 0. The van der Waals surface area contributed by atoms with E-state index in [1.165, 1.54) is 44.2 Å². The molecule has 0 heterocycles. The van der Waals surface area contributed by atoms with Crippen LogP contribution in [0.2, 0.25) is 0 Å². The van der Waals surface area contributed by atoms with Gasteiger partial charge >= 0.3 is 0 Å². The minimum Gasteiger partial charge on any atom is -0.282 e. The normalized spacial score (nSPS) is 10.7. The van der Waals surface area contributed by atoms with Crippen LogP contribution in [-0.2, 0) is 10.1 Å². The molecular weight excluding hydrogens is 248 g/mol. The monoisotopic (exact) mass is 272 g/mol. The van der Waals surface area contributed by atoms with E-state index in [2.05, 4.69) is 13.8 Å². The summed E-state index contributed by atoms with van der Waals surface area (Å²) in [5, 5.41) is 0. The van der Waals surface area contributed by atoms with Gasteiger partial charge in [-0.3, -0.25) is 4.55 Å². The molecule has 1 aromatic rings. The maximum atomic E-state index is 10.5. The van der Waals surface area contributed by atoms with Gasteiger partial charge in [-0.25, -0.2) is 0 Å². The highest BCUT2D eigenvalue weighted by Gasteiger charge is 2.06. The lowest BCUT2D eigenvalue weighted by Gasteiger charge is -1.95. The lowest BCUT2D eigenvalue weighted by molar-refractivity contribution is 0.483. The van der Waals surface area contributed by atoms with Gasteiger partial charge < -0.3 is 0 Å². The summed E-state index contributed by atoms with van der Waals surface area (Å²) in [6.07, 6.45) is 7.01. The van der Waals surface area contributed by atoms with Gasteiger partial charge in [-0.2, -0.15) is 8.42 Å². The quantitative estimate of drug-likeness (QED) is 0.645. The molecule has 0 aliphatic rings. The molecule has 0 spiro atoms. The molecule has 0 aliphatic carbocycles. The molecule has 0 aliphatic heterocycles. The van der Waals surface area contributed by atoms with Crippen LogP contribution in [-0.4, -0.2) is 13.0 Å². The van der Waals surface area contributed by atoms with E-state index >= 15 is 0 Å². The average Bonchev–Trinajstić information content (AvgIpc) is 2.30. The number of hydrogen-bond donors (Lipinski definition) is 1. The lowest BCUT2D eigenvalue weighted by atomic mass is 10.2. The molecule has 104 valence electrons. The summed E-state index contributed by atoms with van der Waals surface area (Å²) >= 11 is 0. The molecular formula is C14H24O3S.